The normalized spacial score (nSPS) is 12.4. The summed E-state index contributed by atoms with van der Waals surface area (Å²) in [7, 11) is 1.67. The van der Waals surface area contributed by atoms with E-state index in [4.69, 9.17) is 10.2 Å². The molecule has 0 N–H and O–H groups in total. The number of fused-ring (bicyclic) bond motifs is 1. The van der Waals surface area contributed by atoms with Gasteiger partial charge in [-0.2, -0.15) is 10.4 Å². The molecule has 6 heteroatoms. The van der Waals surface area contributed by atoms with Crippen molar-refractivity contribution in [1.29, 1.82) is 5.26 Å². The number of benzene rings is 1. The third-order valence-electron chi connectivity index (χ3n) is 4.25. The molecular weight excluding hydrogens is 329 g/mol. The van der Waals surface area contributed by atoms with Gasteiger partial charge in [-0.3, -0.25) is 9.67 Å². The maximum Gasteiger partial charge on any atom is 0.165 e. The van der Waals surface area contributed by atoms with Crippen LogP contribution in [0.25, 0.3) is 16.5 Å². The fourth-order valence-corrected chi connectivity index (χ4v) is 2.88. The van der Waals surface area contributed by atoms with Gasteiger partial charge < -0.3 is 0 Å². The number of aromatic nitrogens is 3. The Balaban J connectivity index is 2.21. The van der Waals surface area contributed by atoms with E-state index in [-0.39, 0.29) is 11.9 Å². The van der Waals surface area contributed by atoms with Gasteiger partial charge in [0.25, 0.3) is 0 Å². The van der Waals surface area contributed by atoms with Gasteiger partial charge in [0.15, 0.2) is 5.69 Å². The molecule has 0 saturated heterocycles. The van der Waals surface area contributed by atoms with Crippen LogP contribution in [0.1, 0.15) is 35.5 Å². The molecule has 0 radical (unpaired) electrons. The van der Waals surface area contributed by atoms with Crippen molar-refractivity contribution in [3.05, 3.63) is 65.4 Å². The number of nitrogens with zero attached hydrogens (tertiary/aromatic N) is 5. The molecule has 26 heavy (non-hydrogen) atoms. The van der Waals surface area contributed by atoms with Crippen LogP contribution >= 0.6 is 0 Å². The second-order valence-corrected chi connectivity index (χ2v) is 6.10. The zero-order valence-corrected chi connectivity index (χ0v) is 14.9. The van der Waals surface area contributed by atoms with Gasteiger partial charge in [0.05, 0.1) is 17.3 Å². The number of allylic oxidation sites excluding steroid dienone is 1. The highest BCUT2D eigenvalue weighted by atomic mass is 19.1. The molecule has 0 saturated carbocycles. The van der Waals surface area contributed by atoms with Crippen LogP contribution in [0.15, 0.2) is 42.0 Å². The fourth-order valence-electron chi connectivity index (χ4n) is 2.88. The lowest BCUT2D eigenvalue weighted by atomic mass is 9.99. The van der Waals surface area contributed by atoms with E-state index >= 15 is 0 Å². The van der Waals surface area contributed by atoms with E-state index in [2.05, 4.69) is 22.7 Å². The largest absolute Gasteiger partial charge is 0.296 e. The molecule has 0 aliphatic carbocycles. The molecule has 0 bridgehead atoms. The van der Waals surface area contributed by atoms with Crippen molar-refractivity contribution in [1.82, 2.24) is 14.8 Å². The van der Waals surface area contributed by atoms with E-state index < -0.39 is 0 Å². The molecule has 2 aromatic heterocycles. The lowest BCUT2D eigenvalue weighted by Gasteiger charge is -2.17. The van der Waals surface area contributed by atoms with Gasteiger partial charge in [-0.1, -0.05) is 6.58 Å². The number of halogens is 1. The van der Waals surface area contributed by atoms with E-state index in [1.165, 1.54) is 12.1 Å². The van der Waals surface area contributed by atoms with Crippen molar-refractivity contribution in [3.63, 3.8) is 0 Å². The van der Waals surface area contributed by atoms with Gasteiger partial charge in [0.1, 0.15) is 11.9 Å². The van der Waals surface area contributed by atoms with Gasteiger partial charge in [0, 0.05) is 36.0 Å². The van der Waals surface area contributed by atoms with Gasteiger partial charge in [-0.25, -0.2) is 9.37 Å². The Kier molecular flexibility index (Phi) is 4.63. The number of nitriles is 1. The number of pyridine rings is 1. The minimum atomic E-state index is -0.317. The highest BCUT2D eigenvalue weighted by Gasteiger charge is 2.19. The first-order valence-corrected chi connectivity index (χ1v) is 8.12. The minimum absolute atomic E-state index is 0.234. The predicted molar refractivity (Wildman–Crippen MR) is 101 cm³/mol. The van der Waals surface area contributed by atoms with E-state index in [1.807, 2.05) is 26.1 Å². The quantitative estimate of drug-likeness (QED) is 0.668. The summed E-state index contributed by atoms with van der Waals surface area (Å²) < 4.78 is 15.3. The average molecular weight is 347 g/mol. The molecule has 0 aliphatic rings. The SMILES string of the molecule is C=C(C=NC)c1cc2cc(F)ccc2nc1C(C)n1cc(C)c(C#N)n1. The van der Waals surface area contributed by atoms with Crippen LogP contribution in [0, 0.1) is 24.1 Å². The topological polar surface area (TPSA) is 66.9 Å². The maximum atomic E-state index is 13.6. The highest BCUT2D eigenvalue weighted by molar-refractivity contribution is 6.10. The molecule has 1 atom stereocenters. The van der Waals surface area contributed by atoms with Crippen LogP contribution < -0.4 is 0 Å². The molecule has 0 fully saturated rings. The van der Waals surface area contributed by atoms with Crippen molar-refractivity contribution in [2.24, 2.45) is 4.99 Å². The first-order valence-electron chi connectivity index (χ1n) is 8.12. The highest BCUT2D eigenvalue weighted by Crippen LogP contribution is 2.28. The predicted octanol–water partition coefficient (Wildman–Crippen LogP) is 4.07. The summed E-state index contributed by atoms with van der Waals surface area (Å²) in [6, 6.07) is 8.20. The molecular formula is C20H18FN5. The Bertz CT molecular complexity index is 1070. The zero-order chi connectivity index (χ0) is 18.8. The number of hydrogen-bond acceptors (Lipinski definition) is 4. The Hall–Kier alpha value is -3.33. The summed E-state index contributed by atoms with van der Waals surface area (Å²) in [5.41, 5.74) is 4.06. The van der Waals surface area contributed by atoms with Crippen LogP contribution in [-0.2, 0) is 0 Å². The fraction of sp³-hybridized carbons (Fsp3) is 0.200. The molecule has 130 valence electrons. The Labute approximate surface area is 151 Å². The van der Waals surface area contributed by atoms with E-state index in [1.54, 1.807) is 24.0 Å². The molecule has 0 amide bonds. The van der Waals surface area contributed by atoms with Crippen LogP contribution in [0.4, 0.5) is 4.39 Å². The van der Waals surface area contributed by atoms with Gasteiger partial charge in [-0.05, 0) is 43.7 Å². The minimum Gasteiger partial charge on any atom is -0.296 e. The summed E-state index contributed by atoms with van der Waals surface area (Å²) in [6.07, 6.45) is 3.47. The molecule has 1 aromatic carbocycles. The second-order valence-electron chi connectivity index (χ2n) is 6.10. The van der Waals surface area contributed by atoms with Gasteiger partial charge >= 0.3 is 0 Å². The Morgan fingerprint density at radius 2 is 2.19 bits per heavy atom. The van der Waals surface area contributed by atoms with E-state index in [0.29, 0.717) is 22.2 Å². The molecule has 2 heterocycles. The Morgan fingerprint density at radius 3 is 2.85 bits per heavy atom. The first kappa shape index (κ1) is 17.5. The molecule has 0 spiro atoms. The molecule has 3 aromatic rings. The average Bonchev–Trinajstić information content (AvgIpc) is 3.01. The van der Waals surface area contributed by atoms with Crippen molar-refractivity contribution in [2.45, 2.75) is 19.9 Å². The van der Waals surface area contributed by atoms with Crippen LogP contribution in [-0.4, -0.2) is 28.0 Å². The van der Waals surface area contributed by atoms with Crippen LogP contribution in [0.5, 0.6) is 0 Å². The maximum absolute atomic E-state index is 13.6. The number of aliphatic imine (C=N–C) groups is 1. The number of aryl methyl sites for hydroxylation is 1. The monoisotopic (exact) mass is 347 g/mol. The van der Waals surface area contributed by atoms with Crippen molar-refractivity contribution in [2.75, 3.05) is 7.05 Å². The summed E-state index contributed by atoms with van der Waals surface area (Å²) >= 11 is 0. The third kappa shape index (κ3) is 3.11. The smallest absolute Gasteiger partial charge is 0.165 e. The van der Waals surface area contributed by atoms with Crippen molar-refractivity contribution < 1.29 is 4.39 Å². The van der Waals surface area contributed by atoms with Gasteiger partial charge in [0.2, 0.25) is 0 Å². The van der Waals surface area contributed by atoms with Crippen molar-refractivity contribution >= 4 is 22.7 Å². The lowest BCUT2D eigenvalue weighted by Crippen LogP contribution is -2.12. The standard InChI is InChI=1S/C20H18FN5/c1-12(10-23-4)17-8-15-7-16(21)5-6-18(15)24-20(17)14(3)26-11-13(2)19(9-22)25-26/h5-8,10-11,14H,1H2,2-4H3. The lowest BCUT2D eigenvalue weighted by molar-refractivity contribution is 0.550. The van der Waals surface area contributed by atoms with E-state index in [0.717, 1.165) is 16.8 Å². The van der Waals surface area contributed by atoms with Crippen LogP contribution in [0.2, 0.25) is 0 Å². The molecule has 5 nitrogen and oxygen atoms in total. The molecule has 1 unspecified atom stereocenters. The van der Waals surface area contributed by atoms with Crippen molar-refractivity contribution in [3.8, 4) is 6.07 Å². The third-order valence-corrected chi connectivity index (χ3v) is 4.25. The molecule has 0 aliphatic heterocycles. The summed E-state index contributed by atoms with van der Waals surface area (Å²) in [4.78, 5) is 8.75. The summed E-state index contributed by atoms with van der Waals surface area (Å²) in [5, 5.41) is 14.2. The summed E-state index contributed by atoms with van der Waals surface area (Å²) in [5.74, 6) is -0.317. The van der Waals surface area contributed by atoms with Gasteiger partial charge in [-0.15, -0.1) is 0 Å². The number of hydrogen-bond donors (Lipinski definition) is 0. The first-order chi connectivity index (χ1) is 12.4. The number of rotatable bonds is 4. The summed E-state index contributed by atoms with van der Waals surface area (Å²) in [6.45, 7) is 7.85. The Morgan fingerprint density at radius 1 is 1.42 bits per heavy atom. The van der Waals surface area contributed by atoms with E-state index in [9.17, 15) is 4.39 Å². The van der Waals surface area contributed by atoms with Crippen LogP contribution in [0.3, 0.4) is 0 Å². The molecule has 3 rings (SSSR count). The second kappa shape index (κ2) is 6.89. The zero-order valence-electron chi connectivity index (χ0n) is 14.9.